The highest BCUT2D eigenvalue weighted by molar-refractivity contribution is 6.05. The number of nitrogens with one attached hydrogen (secondary N) is 2. The molecule has 3 N–H and O–H groups in total. The van der Waals surface area contributed by atoms with Crippen LogP contribution in [0.3, 0.4) is 0 Å². The summed E-state index contributed by atoms with van der Waals surface area (Å²) in [5.74, 6) is -0.840. The van der Waals surface area contributed by atoms with Crippen LogP contribution in [-0.2, 0) is 0 Å². The molecular weight excluding hydrogens is 337 g/mol. The first-order valence-corrected chi connectivity index (χ1v) is 8.42. The van der Waals surface area contributed by atoms with Gasteiger partial charge in [0, 0.05) is 30.0 Å². The van der Waals surface area contributed by atoms with Gasteiger partial charge in [0.1, 0.15) is 5.82 Å². The van der Waals surface area contributed by atoms with Crippen molar-refractivity contribution in [1.29, 1.82) is 0 Å². The van der Waals surface area contributed by atoms with Gasteiger partial charge >= 0.3 is 6.03 Å². The van der Waals surface area contributed by atoms with Crippen LogP contribution < -0.4 is 10.6 Å². The SMILES string of the molecule is O=C(Nc1cccc(F)c1)c1cccc(NC(=O)N2CCCC(O)C2)c1. The van der Waals surface area contributed by atoms with E-state index in [0.29, 0.717) is 36.4 Å². The fourth-order valence-corrected chi connectivity index (χ4v) is 2.85. The number of rotatable bonds is 3. The topological polar surface area (TPSA) is 81.7 Å². The van der Waals surface area contributed by atoms with E-state index >= 15 is 0 Å². The van der Waals surface area contributed by atoms with Crippen LogP contribution in [0.25, 0.3) is 0 Å². The number of aliphatic hydroxyl groups is 1. The Kier molecular flexibility index (Phi) is 5.48. The number of anilines is 2. The maximum absolute atomic E-state index is 13.2. The predicted octanol–water partition coefficient (Wildman–Crippen LogP) is 3.07. The second-order valence-electron chi connectivity index (χ2n) is 6.22. The Hall–Kier alpha value is -2.93. The van der Waals surface area contributed by atoms with Gasteiger partial charge in [0.2, 0.25) is 0 Å². The number of urea groups is 1. The second-order valence-corrected chi connectivity index (χ2v) is 6.22. The number of hydrogen-bond acceptors (Lipinski definition) is 3. The molecule has 7 heteroatoms. The first-order chi connectivity index (χ1) is 12.5. The van der Waals surface area contributed by atoms with Crippen molar-refractivity contribution in [1.82, 2.24) is 4.90 Å². The minimum atomic E-state index is -0.502. The van der Waals surface area contributed by atoms with Crippen molar-refractivity contribution in [3.8, 4) is 0 Å². The molecule has 0 radical (unpaired) electrons. The Balaban J connectivity index is 1.65. The number of aliphatic hydroxyl groups excluding tert-OH is 1. The molecule has 1 heterocycles. The molecule has 1 fully saturated rings. The van der Waals surface area contributed by atoms with Gasteiger partial charge in [-0.25, -0.2) is 9.18 Å². The summed E-state index contributed by atoms with van der Waals surface area (Å²) in [5.41, 5.74) is 1.17. The molecule has 6 nitrogen and oxygen atoms in total. The fraction of sp³-hybridized carbons (Fsp3) is 0.263. The normalized spacial score (nSPS) is 16.8. The average molecular weight is 357 g/mol. The molecule has 2 aromatic rings. The summed E-state index contributed by atoms with van der Waals surface area (Å²) in [5, 5.41) is 15.0. The number of β-amino-alcohol motifs (C(OH)–C–C–N with tert-alkyl or cyclic N) is 1. The molecule has 1 saturated heterocycles. The number of nitrogens with zero attached hydrogens (tertiary/aromatic N) is 1. The van der Waals surface area contributed by atoms with Gasteiger partial charge < -0.3 is 20.6 Å². The zero-order valence-electron chi connectivity index (χ0n) is 14.1. The minimum absolute atomic E-state index is 0.297. The molecule has 0 aliphatic carbocycles. The van der Waals surface area contributed by atoms with E-state index in [1.54, 1.807) is 35.2 Å². The molecule has 1 atom stereocenters. The van der Waals surface area contributed by atoms with E-state index in [0.717, 1.165) is 6.42 Å². The fourth-order valence-electron chi connectivity index (χ4n) is 2.85. The van der Waals surface area contributed by atoms with Gasteiger partial charge in [-0.2, -0.15) is 0 Å². The zero-order valence-corrected chi connectivity index (χ0v) is 14.1. The molecule has 136 valence electrons. The number of benzene rings is 2. The second kappa shape index (κ2) is 7.97. The van der Waals surface area contributed by atoms with E-state index in [2.05, 4.69) is 10.6 Å². The maximum atomic E-state index is 13.2. The molecule has 0 spiro atoms. The van der Waals surface area contributed by atoms with Crippen molar-refractivity contribution in [2.24, 2.45) is 0 Å². The Morgan fingerprint density at radius 1 is 1.08 bits per heavy atom. The van der Waals surface area contributed by atoms with E-state index < -0.39 is 17.8 Å². The third-order valence-corrected chi connectivity index (χ3v) is 4.14. The Morgan fingerprint density at radius 2 is 1.81 bits per heavy atom. The highest BCUT2D eigenvalue weighted by atomic mass is 19.1. The van der Waals surface area contributed by atoms with Crippen LogP contribution in [0, 0.1) is 5.82 Å². The van der Waals surface area contributed by atoms with Crippen molar-refractivity contribution in [2.45, 2.75) is 18.9 Å². The van der Waals surface area contributed by atoms with Gasteiger partial charge in [-0.15, -0.1) is 0 Å². The number of likely N-dealkylation sites (tertiary alicyclic amines) is 1. The Morgan fingerprint density at radius 3 is 2.54 bits per heavy atom. The zero-order chi connectivity index (χ0) is 18.5. The summed E-state index contributed by atoms with van der Waals surface area (Å²) < 4.78 is 13.2. The van der Waals surface area contributed by atoms with Crippen LogP contribution in [0.5, 0.6) is 0 Å². The van der Waals surface area contributed by atoms with Gasteiger partial charge in [-0.3, -0.25) is 4.79 Å². The van der Waals surface area contributed by atoms with Crippen LogP contribution >= 0.6 is 0 Å². The highest BCUT2D eigenvalue weighted by Crippen LogP contribution is 2.16. The lowest BCUT2D eigenvalue weighted by atomic mass is 10.1. The van der Waals surface area contributed by atoms with E-state index in [4.69, 9.17) is 0 Å². The smallest absolute Gasteiger partial charge is 0.321 e. The molecule has 1 aliphatic rings. The van der Waals surface area contributed by atoms with Crippen LogP contribution in [-0.4, -0.2) is 41.1 Å². The number of amides is 3. The molecule has 3 rings (SSSR count). The average Bonchev–Trinajstić information content (AvgIpc) is 2.62. The van der Waals surface area contributed by atoms with Crippen molar-refractivity contribution in [3.63, 3.8) is 0 Å². The number of piperidine rings is 1. The minimum Gasteiger partial charge on any atom is -0.391 e. The third-order valence-electron chi connectivity index (χ3n) is 4.14. The standard InChI is InChI=1S/C19H20FN3O3/c20-14-5-2-7-16(11-14)21-18(25)13-4-1-6-15(10-13)22-19(26)23-9-3-8-17(24)12-23/h1-2,4-7,10-11,17,24H,3,8-9,12H2,(H,21,25)(H,22,26). The van der Waals surface area contributed by atoms with Crippen molar-refractivity contribution < 1.29 is 19.1 Å². The molecule has 0 aromatic heterocycles. The summed E-state index contributed by atoms with van der Waals surface area (Å²) in [6.45, 7) is 0.883. The number of halogens is 1. The lowest BCUT2D eigenvalue weighted by Crippen LogP contribution is -2.44. The van der Waals surface area contributed by atoms with Gasteiger partial charge in [0.15, 0.2) is 0 Å². The lowest BCUT2D eigenvalue weighted by molar-refractivity contribution is 0.0883. The van der Waals surface area contributed by atoms with Crippen LogP contribution in [0.15, 0.2) is 48.5 Å². The predicted molar refractivity (Wildman–Crippen MR) is 96.6 cm³/mol. The number of hydrogen-bond donors (Lipinski definition) is 3. The third kappa shape index (κ3) is 4.58. The molecule has 1 unspecified atom stereocenters. The molecule has 26 heavy (non-hydrogen) atoms. The largest absolute Gasteiger partial charge is 0.391 e. The summed E-state index contributed by atoms with van der Waals surface area (Å²) in [7, 11) is 0. The Labute approximate surface area is 150 Å². The Bertz CT molecular complexity index is 812. The lowest BCUT2D eigenvalue weighted by Gasteiger charge is -2.30. The first kappa shape index (κ1) is 17.9. The van der Waals surface area contributed by atoms with Crippen LogP contribution in [0.4, 0.5) is 20.6 Å². The monoisotopic (exact) mass is 357 g/mol. The summed E-state index contributed by atoms with van der Waals surface area (Å²) in [6.07, 6.45) is 0.947. The molecule has 1 aliphatic heterocycles. The van der Waals surface area contributed by atoms with Crippen molar-refractivity contribution >= 4 is 23.3 Å². The molecule has 0 saturated carbocycles. The van der Waals surface area contributed by atoms with E-state index in [1.165, 1.54) is 18.2 Å². The van der Waals surface area contributed by atoms with Gasteiger partial charge in [0.25, 0.3) is 5.91 Å². The summed E-state index contributed by atoms with van der Waals surface area (Å²) in [6, 6.07) is 11.8. The summed E-state index contributed by atoms with van der Waals surface area (Å²) >= 11 is 0. The van der Waals surface area contributed by atoms with Gasteiger partial charge in [0.05, 0.1) is 6.10 Å². The molecule has 2 aromatic carbocycles. The van der Waals surface area contributed by atoms with E-state index in [-0.39, 0.29) is 6.03 Å². The van der Waals surface area contributed by atoms with Crippen molar-refractivity contribution in [2.75, 3.05) is 23.7 Å². The van der Waals surface area contributed by atoms with Crippen molar-refractivity contribution in [3.05, 3.63) is 59.9 Å². The van der Waals surface area contributed by atoms with E-state index in [1.807, 2.05) is 0 Å². The number of carbonyl (C=O) groups excluding carboxylic acids is 2. The van der Waals surface area contributed by atoms with Crippen LogP contribution in [0.1, 0.15) is 23.2 Å². The maximum Gasteiger partial charge on any atom is 0.321 e. The van der Waals surface area contributed by atoms with Crippen LogP contribution in [0.2, 0.25) is 0 Å². The van der Waals surface area contributed by atoms with E-state index in [9.17, 15) is 19.1 Å². The first-order valence-electron chi connectivity index (χ1n) is 8.42. The van der Waals surface area contributed by atoms with Gasteiger partial charge in [-0.1, -0.05) is 12.1 Å². The quantitative estimate of drug-likeness (QED) is 0.790. The van der Waals surface area contributed by atoms with Gasteiger partial charge in [-0.05, 0) is 49.2 Å². The molecule has 3 amide bonds. The molecular formula is C19H20FN3O3. The highest BCUT2D eigenvalue weighted by Gasteiger charge is 2.22. The number of carbonyl (C=O) groups is 2. The summed E-state index contributed by atoms with van der Waals surface area (Å²) in [4.78, 5) is 26.2. The molecule has 0 bridgehead atoms.